The van der Waals surface area contributed by atoms with E-state index in [0.29, 0.717) is 5.75 Å². The van der Waals surface area contributed by atoms with Crippen LogP contribution in [0.1, 0.15) is 36.6 Å². The molecule has 0 aliphatic carbocycles. The number of ether oxygens (including phenoxy) is 2. The third-order valence-corrected chi connectivity index (χ3v) is 4.12. The van der Waals surface area contributed by atoms with Crippen molar-refractivity contribution in [1.29, 1.82) is 0 Å². The topological polar surface area (TPSA) is 72.9 Å². The van der Waals surface area contributed by atoms with E-state index < -0.39 is 11.9 Å². The second-order valence-electron chi connectivity index (χ2n) is 6.07. The third-order valence-electron chi connectivity index (χ3n) is 4.12. The third kappa shape index (κ3) is 3.89. The van der Waals surface area contributed by atoms with Crippen LogP contribution in [0.25, 0.3) is 0 Å². The molecule has 0 unspecified atom stereocenters. The molecule has 2 amide bonds. The highest BCUT2D eigenvalue weighted by atomic mass is 16.6. The van der Waals surface area contributed by atoms with E-state index >= 15 is 0 Å². The summed E-state index contributed by atoms with van der Waals surface area (Å²) in [6.07, 6.45) is 1.48. The van der Waals surface area contributed by atoms with Crippen molar-refractivity contribution in [1.82, 2.24) is 4.90 Å². The largest absolute Gasteiger partial charge is 0.490 e. The van der Waals surface area contributed by atoms with Crippen molar-refractivity contribution in [3.63, 3.8) is 0 Å². The highest BCUT2D eigenvalue weighted by Gasteiger charge is 2.35. The van der Waals surface area contributed by atoms with Crippen molar-refractivity contribution in [2.45, 2.75) is 6.92 Å². The molecular formula is C21H19NO5. The Kier molecular flexibility index (Phi) is 5.35. The van der Waals surface area contributed by atoms with Crippen LogP contribution in [0.3, 0.4) is 0 Å². The first kappa shape index (κ1) is 18.4. The van der Waals surface area contributed by atoms with Gasteiger partial charge in [0.1, 0.15) is 19.0 Å². The number of benzene rings is 2. The van der Waals surface area contributed by atoms with Crippen LogP contribution in [-0.2, 0) is 4.74 Å². The first-order chi connectivity index (χ1) is 13.0. The van der Waals surface area contributed by atoms with Crippen molar-refractivity contribution in [3.05, 3.63) is 77.4 Å². The molecule has 0 spiro atoms. The summed E-state index contributed by atoms with van der Waals surface area (Å²) in [5.74, 6) is -0.707. The molecule has 0 atom stereocenters. The van der Waals surface area contributed by atoms with Crippen molar-refractivity contribution < 1.29 is 23.9 Å². The Hall–Kier alpha value is -3.41. The van der Waals surface area contributed by atoms with Gasteiger partial charge in [0, 0.05) is 6.54 Å². The fourth-order valence-corrected chi connectivity index (χ4v) is 2.72. The molecule has 0 fully saturated rings. The van der Waals surface area contributed by atoms with E-state index in [0.717, 1.165) is 10.5 Å². The van der Waals surface area contributed by atoms with Gasteiger partial charge >= 0.3 is 5.97 Å². The van der Waals surface area contributed by atoms with Crippen LogP contribution < -0.4 is 4.74 Å². The zero-order valence-electron chi connectivity index (χ0n) is 14.9. The lowest BCUT2D eigenvalue weighted by atomic mass is 10.1. The van der Waals surface area contributed by atoms with Gasteiger partial charge in [-0.05, 0) is 37.3 Å². The van der Waals surface area contributed by atoms with Gasteiger partial charge in [-0.3, -0.25) is 14.5 Å². The molecule has 0 aromatic heterocycles. The summed E-state index contributed by atoms with van der Waals surface area (Å²) in [5, 5.41) is 0. The van der Waals surface area contributed by atoms with Gasteiger partial charge < -0.3 is 9.47 Å². The number of nitrogens with zero attached hydrogens (tertiary/aromatic N) is 1. The van der Waals surface area contributed by atoms with E-state index in [-0.39, 0.29) is 42.4 Å². The standard InChI is InChI=1S/C21H19NO5/c1-3-10-22-19(23)17-9-6-15(13-18(17)20(22)24)21(25)27-12-11-26-16-7-4-14(2)5-8-16/h3-9,13H,1,10-12H2,2H3. The molecule has 2 aromatic carbocycles. The number of hydrogen-bond donors (Lipinski definition) is 0. The van der Waals surface area contributed by atoms with Gasteiger partial charge in [-0.2, -0.15) is 0 Å². The molecule has 1 heterocycles. The van der Waals surface area contributed by atoms with E-state index in [1.54, 1.807) is 0 Å². The smallest absolute Gasteiger partial charge is 0.338 e. The molecule has 0 radical (unpaired) electrons. The molecule has 0 N–H and O–H groups in total. The summed E-state index contributed by atoms with van der Waals surface area (Å²) in [4.78, 5) is 37.7. The molecule has 6 heteroatoms. The number of fused-ring (bicyclic) bond motifs is 1. The number of carbonyl (C=O) groups excluding carboxylic acids is 3. The first-order valence-corrected chi connectivity index (χ1v) is 8.49. The van der Waals surface area contributed by atoms with E-state index in [9.17, 15) is 14.4 Å². The number of rotatable bonds is 7. The molecule has 0 bridgehead atoms. The molecule has 6 nitrogen and oxygen atoms in total. The maximum atomic E-state index is 12.3. The Morgan fingerprint density at radius 2 is 1.74 bits per heavy atom. The predicted octanol–water partition coefficient (Wildman–Crippen LogP) is 3.01. The van der Waals surface area contributed by atoms with Gasteiger partial charge in [0.25, 0.3) is 11.8 Å². The summed E-state index contributed by atoms with van der Waals surface area (Å²) < 4.78 is 10.7. The van der Waals surface area contributed by atoms with E-state index in [1.165, 1.54) is 24.3 Å². The Bertz CT molecular complexity index is 901. The molecular weight excluding hydrogens is 346 g/mol. The fraction of sp³-hybridized carbons (Fsp3) is 0.190. The van der Waals surface area contributed by atoms with E-state index in [2.05, 4.69) is 6.58 Å². The fourth-order valence-electron chi connectivity index (χ4n) is 2.72. The van der Waals surface area contributed by atoms with E-state index in [1.807, 2.05) is 31.2 Å². The van der Waals surface area contributed by atoms with Crippen molar-refractivity contribution in [2.24, 2.45) is 0 Å². The molecule has 1 aliphatic rings. The van der Waals surface area contributed by atoms with Gasteiger partial charge in [-0.25, -0.2) is 4.79 Å². The maximum absolute atomic E-state index is 12.3. The summed E-state index contributed by atoms with van der Waals surface area (Å²) in [6, 6.07) is 11.9. The minimum absolute atomic E-state index is 0.0687. The lowest BCUT2D eigenvalue weighted by molar-refractivity contribution is 0.0450. The molecule has 27 heavy (non-hydrogen) atoms. The average Bonchev–Trinajstić information content (AvgIpc) is 2.91. The lowest BCUT2D eigenvalue weighted by Gasteiger charge is -2.09. The molecule has 3 rings (SSSR count). The zero-order valence-corrected chi connectivity index (χ0v) is 14.9. The number of hydrogen-bond acceptors (Lipinski definition) is 5. The van der Waals surface area contributed by atoms with Crippen LogP contribution in [0.2, 0.25) is 0 Å². The van der Waals surface area contributed by atoms with Gasteiger partial charge in [0.2, 0.25) is 0 Å². The van der Waals surface area contributed by atoms with Crippen LogP contribution in [0.15, 0.2) is 55.1 Å². The van der Waals surface area contributed by atoms with Gasteiger partial charge in [-0.15, -0.1) is 6.58 Å². The van der Waals surface area contributed by atoms with Crippen LogP contribution in [0, 0.1) is 6.92 Å². The first-order valence-electron chi connectivity index (χ1n) is 8.49. The predicted molar refractivity (Wildman–Crippen MR) is 99.0 cm³/mol. The molecule has 1 aliphatic heterocycles. The quantitative estimate of drug-likeness (QED) is 0.326. The summed E-state index contributed by atoms with van der Waals surface area (Å²) >= 11 is 0. The Morgan fingerprint density at radius 3 is 2.44 bits per heavy atom. The maximum Gasteiger partial charge on any atom is 0.338 e. The lowest BCUT2D eigenvalue weighted by Crippen LogP contribution is -2.29. The Labute approximate surface area is 157 Å². The second-order valence-corrected chi connectivity index (χ2v) is 6.07. The van der Waals surface area contributed by atoms with Crippen LogP contribution in [-0.4, -0.2) is 42.4 Å². The normalized spacial score (nSPS) is 12.7. The monoisotopic (exact) mass is 365 g/mol. The molecule has 138 valence electrons. The van der Waals surface area contributed by atoms with Crippen LogP contribution in [0.5, 0.6) is 5.75 Å². The summed E-state index contributed by atoms with van der Waals surface area (Å²) in [5.41, 5.74) is 1.82. The van der Waals surface area contributed by atoms with Crippen LogP contribution >= 0.6 is 0 Å². The van der Waals surface area contributed by atoms with Crippen LogP contribution in [0.4, 0.5) is 0 Å². The molecule has 2 aromatic rings. The van der Waals surface area contributed by atoms with Gasteiger partial charge in [0.15, 0.2) is 0 Å². The number of imide groups is 1. The number of amides is 2. The van der Waals surface area contributed by atoms with Crippen molar-refractivity contribution >= 4 is 17.8 Å². The number of aryl methyl sites for hydroxylation is 1. The number of esters is 1. The highest BCUT2D eigenvalue weighted by Crippen LogP contribution is 2.24. The van der Waals surface area contributed by atoms with E-state index in [4.69, 9.17) is 9.47 Å². The number of carbonyl (C=O) groups is 3. The average molecular weight is 365 g/mol. The van der Waals surface area contributed by atoms with Crippen molar-refractivity contribution in [3.8, 4) is 5.75 Å². The van der Waals surface area contributed by atoms with Gasteiger partial charge in [-0.1, -0.05) is 23.8 Å². The summed E-state index contributed by atoms with van der Waals surface area (Å²) in [7, 11) is 0. The van der Waals surface area contributed by atoms with Crippen molar-refractivity contribution in [2.75, 3.05) is 19.8 Å². The SMILES string of the molecule is C=CCN1C(=O)c2ccc(C(=O)OCCOc3ccc(C)cc3)cc2C1=O. The Balaban J connectivity index is 1.58. The van der Waals surface area contributed by atoms with Gasteiger partial charge in [0.05, 0.1) is 16.7 Å². The minimum atomic E-state index is -0.576. The minimum Gasteiger partial charge on any atom is -0.490 e. The highest BCUT2D eigenvalue weighted by molar-refractivity contribution is 6.22. The Morgan fingerprint density at radius 1 is 1.04 bits per heavy atom. The summed E-state index contributed by atoms with van der Waals surface area (Å²) in [6.45, 7) is 5.93. The molecule has 0 saturated carbocycles. The zero-order chi connectivity index (χ0) is 19.4. The second kappa shape index (κ2) is 7.86. The molecule has 0 saturated heterocycles.